The molecule has 1 fully saturated rings. The van der Waals surface area contributed by atoms with E-state index in [2.05, 4.69) is 11.9 Å². The van der Waals surface area contributed by atoms with Crippen LogP contribution in [0.2, 0.25) is 0 Å². The van der Waals surface area contributed by atoms with Gasteiger partial charge in [0.25, 0.3) is 0 Å². The Balaban J connectivity index is 1.59. The molecule has 2 aromatic carbocycles. The van der Waals surface area contributed by atoms with Gasteiger partial charge in [0.15, 0.2) is 6.29 Å². The maximum Gasteiger partial charge on any atom is 0.173 e. The minimum Gasteiger partial charge on any atom is -0.374 e. The fourth-order valence-corrected chi connectivity index (χ4v) is 3.15. The molecule has 0 saturated carbocycles. The molecule has 0 spiro atoms. The van der Waals surface area contributed by atoms with Gasteiger partial charge in [-0.05, 0) is 11.1 Å². The summed E-state index contributed by atoms with van der Waals surface area (Å²) in [6.07, 6.45) is 0.127. The minimum absolute atomic E-state index is 0.323. The van der Waals surface area contributed by atoms with Gasteiger partial charge in [0, 0.05) is 6.54 Å². The molecule has 5 heteroatoms. The zero-order valence-electron chi connectivity index (χ0n) is 15.4. The number of hydrogen-bond donors (Lipinski definition) is 2. The molecule has 3 rings (SSSR count). The molecule has 1 aliphatic rings. The number of nitrogens with one attached hydrogen (secondary N) is 1. The topological polar surface area (TPSA) is 60.0 Å². The van der Waals surface area contributed by atoms with Crippen molar-refractivity contribution in [2.45, 2.75) is 37.8 Å². The summed E-state index contributed by atoms with van der Waals surface area (Å²) in [6.45, 7) is 5.57. The molecule has 1 saturated heterocycles. The van der Waals surface area contributed by atoms with Crippen LogP contribution in [-0.2, 0) is 27.4 Å². The Kier molecular flexibility index (Phi) is 7.56. The lowest BCUT2D eigenvalue weighted by Crippen LogP contribution is -2.46. The largest absolute Gasteiger partial charge is 0.374 e. The summed E-state index contributed by atoms with van der Waals surface area (Å²) in [4.78, 5) is 0. The fraction of sp³-hybridized carbons (Fsp3) is 0.364. The number of rotatable bonds is 10. The number of ether oxygens (including phenoxy) is 3. The van der Waals surface area contributed by atoms with Gasteiger partial charge in [0.05, 0.1) is 25.9 Å². The van der Waals surface area contributed by atoms with E-state index in [9.17, 15) is 5.11 Å². The highest BCUT2D eigenvalue weighted by molar-refractivity contribution is 5.14. The van der Waals surface area contributed by atoms with Gasteiger partial charge in [-0.1, -0.05) is 66.7 Å². The van der Waals surface area contributed by atoms with Crippen molar-refractivity contribution < 1.29 is 19.3 Å². The monoisotopic (exact) mass is 369 g/mol. The molecular formula is C22H27NO4. The molecule has 5 nitrogen and oxygen atoms in total. The molecule has 4 atom stereocenters. The number of aliphatic hydroxyl groups is 1. The smallest absolute Gasteiger partial charge is 0.173 e. The predicted octanol–water partition coefficient (Wildman–Crippen LogP) is 2.65. The molecule has 144 valence electrons. The molecule has 0 radical (unpaired) electrons. The summed E-state index contributed by atoms with van der Waals surface area (Å²) in [5.74, 6) is 0. The van der Waals surface area contributed by atoms with Crippen LogP contribution in [0.25, 0.3) is 0 Å². The minimum atomic E-state index is -0.948. The Morgan fingerprint density at radius 2 is 1.63 bits per heavy atom. The number of hydrogen-bond acceptors (Lipinski definition) is 5. The molecule has 0 aliphatic carbocycles. The molecule has 0 bridgehead atoms. The lowest BCUT2D eigenvalue weighted by molar-refractivity contribution is -0.124. The number of aliphatic hydroxyl groups excluding tert-OH is 1. The van der Waals surface area contributed by atoms with Crippen LogP contribution in [0.1, 0.15) is 11.1 Å². The molecule has 27 heavy (non-hydrogen) atoms. The van der Waals surface area contributed by atoms with Crippen LogP contribution >= 0.6 is 0 Å². The molecule has 0 unspecified atom stereocenters. The van der Waals surface area contributed by atoms with Crippen molar-refractivity contribution in [2.24, 2.45) is 0 Å². The van der Waals surface area contributed by atoms with E-state index in [1.807, 2.05) is 60.7 Å². The SMILES string of the molecule is C=CCN[C@H]1[C@@H](OCc2ccccc2)[C@@H](COCc2ccccc2)O[C@@H]1O. The van der Waals surface area contributed by atoms with E-state index in [4.69, 9.17) is 14.2 Å². The highest BCUT2D eigenvalue weighted by Gasteiger charge is 2.44. The third-order valence-corrected chi connectivity index (χ3v) is 4.52. The van der Waals surface area contributed by atoms with Crippen molar-refractivity contribution in [1.82, 2.24) is 5.32 Å². The van der Waals surface area contributed by atoms with Crippen LogP contribution in [0, 0.1) is 0 Å². The first-order valence-corrected chi connectivity index (χ1v) is 9.23. The Bertz CT molecular complexity index is 679. The molecule has 2 aromatic rings. The van der Waals surface area contributed by atoms with Gasteiger partial charge in [0.2, 0.25) is 0 Å². The maximum atomic E-state index is 10.3. The first-order chi connectivity index (χ1) is 13.3. The number of benzene rings is 2. The van der Waals surface area contributed by atoms with Crippen LogP contribution in [0.5, 0.6) is 0 Å². The van der Waals surface area contributed by atoms with Gasteiger partial charge in [-0.2, -0.15) is 0 Å². The summed E-state index contributed by atoms with van der Waals surface area (Å²) in [5.41, 5.74) is 2.17. The second-order valence-corrected chi connectivity index (χ2v) is 6.55. The average molecular weight is 369 g/mol. The normalized spacial score (nSPS) is 24.8. The van der Waals surface area contributed by atoms with E-state index in [1.165, 1.54) is 0 Å². The third kappa shape index (κ3) is 5.73. The lowest BCUT2D eigenvalue weighted by Gasteiger charge is -2.24. The van der Waals surface area contributed by atoms with Crippen LogP contribution < -0.4 is 5.32 Å². The van der Waals surface area contributed by atoms with Crippen LogP contribution in [0.15, 0.2) is 73.3 Å². The average Bonchev–Trinajstić information content (AvgIpc) is 3.00. The lowest BCUT2D eigenvalue weighted by atomic mass is 10.1. The second-order valence-electron chi connectivity index (χ2n) is 6.55. The molecule has 0 aromatic heterocycles. The zero-order valence-corrected chi connectivity index (χ0v) is 15.4. The second kappa shape index (κ2) is 10.3. The van der Waals surface area contributed by atoms with E-state index in [1.54, 1.807) is 6.08 Å². The highest BCUT2D eigenvalue weighted by Crippen LogP contribution is 2.24. The van der Waals surface area contributed by atoms with E-state index >= 15 is 0 Å². The van der Waals surface area contributed by atoms with Crippen molar-refractivity contribution in [2.75, 3.05) is 13.2 Å². The quantitative estimate of drug-likeness (QED) is 0.631. The van der Waals surface area contributed by atoms with Crippen LogP contribution in [0.3, 0.4) is 0 Å². The van der Waals surface area contributed by atoms with Gasteiger partial charge in [-0.25, -0.2) is 0 Å². The van der Waals surface area contributed by atoms with Crippen molar-refractivity contribution in [3.05, 3.63) is 84.4 Å². The Morgan fingerprint density at radius 3 is 2.26 bits per heavy atom. The molecular weight excluding hydrogens is 342 g/mol. The van der Waals surface area contributed by atoms with Gasteiger partial charge in [-0.3, -0.25) is 0 Å². The summed E-state index contributed by atoms with van der Waals surface area (Å²) in [5, 5.41) is 13.5. The summed E-state index contributed by atoms with van der Waals surface area (Å²) < 4.78 is 17.7. The van der Waals surface area contributed by atoms with Crippen LogP contribution in [-0.4, -0.2) is 42.8 Å². The Labute approximate surface area is 160 Å². The third-order valence-electron chi connectivity index (χ3n) is 4.52. The van der Waals surface area contributed by atoms with E-state index in [0.29, 0.717) is 26.4 Å². The summed E-state index contributed by atoms with van der Waals surface area (Å²) in [7, 11) is 0. The molecule has 1 aliphatic heterocycles. The Hall–Kier alpha value is -2.02. The fourth-order valence-electron chi connectivity index (χ4n) is 3.15. The van der Waals surface area contributed by atoms with Gasteiger partial charge in [0.1, 0.15) is 12.2 Å². The predicted molar refractivity (Wildman–Crippen MR) is 104 cm³/mol. The van der Waals surface area contributed by atoms with Gasteiger partial charge in [-0.15, -0.1) is 6.58 Å². The maximum absolute atomic E-state index is 10.3. The Morgan fingerprint density at radius 1 is 1.00 bits per heavy atom. The van der Waals surface area contributed by atoms with Gasteiger partial charge >= 0.3 is 0 Å². The van der Waals surface area contributed by atoms with E-state index < -0.39 is 6.29 Å². The van der Waals surface area contributed by atoms with Crippen molar-refractivity contribution in [1.29, 1.82) is 0 Å². The summed E-state index contributed by atoms with van der Waals surface area (Å²) >= 11 is 0. The van der Waals surface area contributed by atoms with Crippen molar-refractivity contribution in [3.8, 4) is 0 Å². The standard InChI is InChI=1S/C22H27NO4/c1-2-13-23-20-21(26-15-18-11-7-4-8-12-18)19(27-22(20)24)16-25-14-17-9-5-3-6-10-17/h2-12,19-24H,1,13-16H2/t19-,20+,21+,22+/m1/s1. The first kappa shape index (κ1) is 19.7. The summed E-state index contributed by atoms with van der Waals surface area (Å²) in [6, 6.07) is 19.6. The molecule has 2 N–H and O–H groups in total. The van der Waals surface area contributed by atoms with E-state index in [0.717, 1.165) is 11.1 Å². The first-order valence-electron chi connectivity index (χ1n) is 9.23. The highest BCUT2D eigenvalue weighted by atomic mass is 16.7. The van der Waals surface area contributed by atoms with Gasteiger partial charge < -0.3 is 24.6 Å². The molecule has 0 amide bonds. The van der Waals surface area contributed by atoms with Crippen molar-refractivity contribution in [3.63, 3.8) is 0 Å². The molecule has 1 heterocycles. The zero-order chi connectivity index (χ0) is 18.9. The van der Waals surface area contributed by atoms with E-state index in [-0.39, 0.29) is 18.2 Å². The van der Waals surface area contributed by atoms with Crippen LogP contribution in [0.4, 0.5) is 0 Å². The van der Waals surface area contributed by atoms with Crippen molar-refractivity contribution >= 4 is 0 Å².